The topological polar surface area (TPSA) is 79.0 Å². The first-order valence-electron chi connectivity index (χ1n) is 11.3. The van der Waals surface area contributed by atoms with E-state index in [2.05, 4.69) is 9.97 Å². The van der Waals surface area contributed by atoms with Gasteiger partial charge in [0.1, 0.15) is 5.82 Å². The first-order valence-corrected chi connectivity index (χ1v) is 11.3. The van der Waals surface area contributed by atoms with Crippen LogP contribution in [0.4, 0.5) is 0 Å². The highest BCUT2D eigenvalue weighted by Crippen LogP contribution is 2.26. The van der Waals surface area contributed by atoms with Gasteiger partial charge in [0, 0.05) is 17.5 Å². The van der Waals surface area contributed by atoms with Gasteiger partial charge in [-0.15, -0.1) is 0 Å². The minimum atomic E-state index is -0.208. The summed E-state index contributed by atoms with van der Waals surface area (Å²) in [5, 5.41) is 1.32. The van der Waals surface area contributed by atoms with Gasteiger partial charge in [-0.1, -0.05) is 60.2 Å². The molecule has 0 saturated carbocycles. The molecule has 0 spiro atoms. The van der Waals surface area contributed by atoms with Crippen LogP contribution in [0.5, 0.6) is 0 Å². The van der Waals surface area contributed by atoms with Crippen LogP contribution in [0.25, 0.3) is 33.1 Å². The summed E-state index contributed by atoms with van der Waals surface area (Å²) < 4.78 is 0. The molecule has 0 radical (unpaired) electrons. The molecule has 6 heteroatoms. The predicted molar refractivity (Wildman–Crippen MR) is 135 cm³/mol. The summed E-state index contributed by atoms with van der Waals surface area (Å²) in [6.45, 7) is 4.62. The molecule has 1 N–H and O–H groups in total. The van der Waals surface area contributed by atoms with Crippen LogP contribution in [-0.4, -0.2) is 32.3 Å². The van der Waals surface area contributed by atoms with Gasteiger partial charge >= 0.3 is 0 Å². The van der Waals surface area contributed by atoms with Crippen LogP contribution in [0, 0.1) is 6.92 Å². The fourth-order valence-electron chi connectivity index (χ4n) is 4.11. The molecular weight excluding hydrogens is 424 g/mol. The predicted octanol–water partition coefficient (Wildman–Crippen LogP) is 5.11. The Bertz CT molecular complexity index is 1570. The summed E-state index contributed by atoms with van der Waals surface area (Å²) >= 11 is 0. The van der Waals surface area contributed by atoms with Gasteiger partial charge < -0.3 is 9.88 Å². The number of rotatable bonds is 5. The number of hydrogen-bond acceptors (Lipinski definition) is 4. The van der Waals surface area contributed by atoms with Crippen LogP contribution < -0.4 is 5.56 Å². The minimum Gasteiger partial charge on any atom is -0.331 e. The van der Waals surface area contributed by atoms with Crippen LogP contribution in [0.1, 0.15) is 28.7 Å². The van der Waals surface area contributed by atoms with Crippen LogP contribution in [0.15, 0.2) is 83.7 Å². The van der Waals surface area contributed by atoms with Crippen molar-refractivity contribution in [3.05, 3.63) is 106 Å². The van der Waals surface area contributed by atoms with Crippen molar-refractivity contribution in [2.45, 2.75) is 20.4 Å². The second-order valence-electron chi connectivity index (χ2n) is 8.29. The Balaban J connectivity index is 1.56. The molecule has 0 atom stereocenters. The molecule has 6 nitrogen and oxygen atoms in total. The van der Waals surface area contributed by atoms with E-state index in [0.29, 0.717) is 28.8 Å². The lowest BCUT2D eigenvalue weighted by molar-refractivity contribution is 0.0750. The normalized spacial score (nSPS) is 11.1. The quantitative estimate of drug-likeness (QED) is 0.405. The number of aromatic nitrogens is 3. The number of aromatic amines is 1. The number of amides is 1. The Kier molecular flexibility index (Phi) is 5.64. The maximum Gasteiger partial charge on any atom is 0.258 e. The molecule has 5 aromatic rings. The zero-order valence-corrected chi connectivity index (χ0v) is 19.1. The highest BCUT2D eigenvalue weighted by Gasteiger charge is 2.20. The third-order valence-electron chi connectivity index (χ3n) is 5.97. The Morgan fingerprint density at radius 2 is 1.53 bits per heavy atom. The van der Waals surface area contributed by atoms with E-state index in [0.717, 1.165) is 27.7 Å². The molecule has 2 heterocycles. The highest BCUT2D eigenvalue weighted by atomic mass is 16.2. The molecule has 0 aliphatic rings. The average Bonchev–Trinajstić information content (AvgIpc) is 2.86. The fourth-order valence-corrected chi connectivity index (χ4v) is 4.11. The molecule has 34 heavy (non-hydrogen) atoms. The third-order valence-corrected chi connectivity index (χ3v) is 5.97. The summed E-state index contributed by atoms with van der Waals surface area (Å²) in [5.74, 6) is 0.321. The Hall–Kier alpha value is -4.32. The fraction of sp³-hybridized carbons (Fsp3) is 0.143. The standard InChI is InChI=1S/C28H24N4O2/c1-3-32(17-26-30-24-11-7-5-9-21(24)27(33)31-26)28(34)22-16-25(19-14-12-18(2)13-15-19)29-23-10-6-4-8-20(22)23/h4-16H,3,17H2,1-2H3,(H,30,31,33). The molecule has 0 fully saturated rings. The van der Waals surface area contributed by atoms with E-state index in [1.807, 2.05) is 74.5 Å². The molecule has 0 aliphatic carbocycles. The molecule has 0 unspecified atom stereocenters. The van der Waals surface area contributed by atoms with Crippen LogP contribution in [0.3, 0.4) is 0 Å². The van der Waals surface area contributed by atoms with Crippen molar-refractivity contribution in [2.75, 3.05) is 6.54 Å². The van der Waals surface area contributed by atoms with Crippen LogP contribution in [-0.2, 0) is 6.54 Å². The van der Waals surface area contributed by atoms with Gasteiger partial charge in [-0.25, -0.2) is 9.97 Å². The lowest BCUT2D eigenvalue weighted by Gasteiger charge is -2.22. The van der Waals surface area contributed by atoms with Crippen molar-refractivity contribution in [1.82, 2.24) is 19.9 Å². The number of pyridine rings is 1. The van der Waals surface area contributed by atoms with Crippen molar-refractivity contribution in [3.63, 3.8) is 0 Å². The van der Waals surface area contributed by atoms with Crippen molar-refractivity contribution in [3.8, 4) is 11.3 Å². The summed E-state index contributed by atoms with van der Waals surface area (Å²) in [6.07, 6.45) is 0. The third kappa shape index (κ3) is 4.06. The summed E-state index contributed by atoms with van der Waals surface area (Å²) in [6, 6.07) is 24.8. The van der Waals surface area contributed by atoms with E-state index >= 15 is 0 Å². The molecule has 168 valence electrons. The van der Waals surface area contributed by atoms with E-state index in [1.165, 1.54) is 0 Å². The SMILES string of the molecule is CCN(Cc1nc2ccccc2c(=O)[nH]1)C(=O)c1cc(-c2ccc(C)cc2)nc2ccccc12. The first-order chi connectivity index (χ1) is 16.5. The monoisotopic (exact) mass is 448 g/mol. The zero-order valence-electron chi connectivity index (χ0n) is 19.1. The van der Waals surface area contributed by atoms with Gasteiger partial charge in [-0.3, -0.25) is 9.59 Å². The summed E-state index contributed by atoms with van der Waals surface area (Å²) in [4.78, 5) is 40.2. The largest absolute Gasteiger partial charge is 0.331 e. The molecule has 2 aromatic heterocycles. The lowest BCUT2D eigenvalue weighted by atomic mass is 10.0. The second-order valence-corrected chi connectivity index (χ2v) is 8.29. The Morgan fingerprint density at radius 1 is 0.882 bits per heavy atom. The van der Waals surface area contributed by atoms with E-state index in [1.54, 1.807) is 23.1 Å². The number of fused-ring (bicyclic) bond motifs is 2. The molecule has 1 amide bonds. The summed E-state index contributed by atoms with van der Waals surface area (Å²) in [7, 11) is 0. The van der Waals surface area contributed by atoms with E-state index in [9.17, 15) is 9.59 Å². The number of aryl methyl sites for hydroxylation is 1. The van der Waals surface area contributed by atoms with Gasteiger partial charge in [0.25, 0.3) is 11.5 Å². The average molecular weight is 449 g/mol. The molecule has 0 saturated heterocycles. The number of H-pyrrole nitrogens is 1. The van der Waals surface area contributed by atoms with E-state index in [-0.39, 0.29) is 18.0 Å². The summed E-state index contributed by atoms with van der Waals surface area (Å²) in [5.41, 5.74) is 4.60. The number of nitrogens with zero attached hydrogens (tertiary/aromatic N) is 3. The van der Waals surface area contributed by atoms with Gasteiger partial charge in [0.15, 0.2) is 0 Å². The van der Waals surface area contributed by atoms with Gasteiger partial charge in [-0.05, 0) is 38.1 Å². The number of benzene rings is 3. The maximum absolute atomic E-state index is 13.8. The van der Waals surface area contributed by atoms with Gasteiger partial charge in [0.05, 0.1) is 34.2 Å². The lowest BCUT2D eigenvalue weighted by Crippen LogP contribution is -2.32. The van der Waals surface area contributed by atoms with E-state index in [4.69, 9.17) is 4.98 Å². The Morgan fingerprint density at radius 3 is 2.24 bits per heavy atom. The Labute approximate surface area is 196 Å². The molecule has 5 rings (SSSR count). The highest BCUT2D eigenvalue weighted by molar-refractivity contribution is 6.07. The van der Waals surface area contributed by atoms with Crippen molar-refractivity contribution >= 4 is 27.7 Å². The number of para-hydroxylation sites is 2. The smallest absolute Gasteiger partial charge is 0.258 e. The van der Waals surface area contributed by atoms with Crippen LogP contribution >= 0.6 is 0 Å². The number of carbonyl (C=O) groups excluding carboxylic acids is 1. The zero-order chi connectivity index (χ0) is 23.7. The van der Waals surface area contributed by atoms with Crippen molar-refractivity contribution in [1.29, 1.82) is 0 Å². The van der Waals surface area contributed by atoms with Crippen molar-refractivity contribution < 1.29 is 4.79 Å². The molecular formula is C28H24N4O2. The van der Waals surface area contributed by atoms with Gasteiger partial charge in [0.2, 0.25) is 0 Å². The molecule has 0 aliphatic heterocycles. The first kappa shape index (κ1) is 21.5. The molecule has 3 aromatic carbocycles. The number of nitrogens with one attached hydrogen (secondary N) is 1. The van der Waals surface area contributed by atoms with Crippen LogP contribution in [0.2, 0.25) is 0 Å². The van der Waals surface area contributed by atoms with E-state index < -0.39 is 0 Å². The minimum absolute atomic E-state index is 0.134. The van der Waals surface area contributed by atoms with Crippen molar-refractivity contribution in [2.24, 2.45) is 0 Å². The number of carbonyl (C=O) groups is 1. The number of hydrogen-bond donors (Lipinski definition) is 1. The molecule has 0 bridgehead atoms. The maximum atomic E-state index is 13.8. The van der Waals surface area contributed by atoms with Gasteiger partial charge in [-0.2, -0.15) is 0 Å². The second kappa shape index (κ2) is 8.90.